The van der Waals surface area contributed by atoms with E-state index in [-0.39, 0.29) is 0 Å². The molecular formula is C16H27N3O. The minimum Gasteiger partial charge on any atom is -0.445 e. The molecule has 2 aliphatic heterocycles. The lowest BCUT2D eigenvalue weighted by atomic mass is 9.81. The number of nitrogens with zero attached hydrogens (tertiary/aromatic N) is 2. The van der Waals surface area contributed by atoms with E-state index in [4.69, 9.17) is 4.42 Å². The maximum atomic E-state index is 5.67. The molecule has 112 valence electrons. The number of nitrogens with one attached hydrogen (secondary N) is 1. The predicted molar refractivity (Wildman–Crippen MR) is 79.5 cm³/mol. The zero-order valence-electron chi connectivity index (χ0n) is 12.8. The van der Waals surface area contributed by atoms with Crippen molar-refractivity contribution in [2.75, 3.05) is 6.54 Å². The normalized spacial score (nSPS) is 30.6. The Balaban J connectivity index is 1.64. The SMILES string of the molecule is CCCNC1CC2CCCC(C1)N2Cc1ncc(C)o1. The molecule has 4 nitrogen and oxygen atoms in total. The van der Waals surface area contributed by atoms with Crippen molar-refractivity contribution in [1.82, 2.24) is 15.2 Å². The highest BCUT2D eigenvalue weighted by molar-refractivity contribution is 4.98. The number of piperidine rings is 2. The van der Waals surface area contributed by atoms with Crippen LogP contribution in [0.4, 0.5) is 0 Å². The van der Waals surface area contributed by atoms with Crippen molar-refractivity contribution in [1.29, 1.82) is 0 Å². The molecule has 1 aromatic rings. The lowest BCUT2D eigenvalue weighted by Gasteiger charge is -2.48. The summed E-state index contributed by atoms with van der Waals surface area (Å²) in [5.74, 6) is 1.81. The van der Waals surface area contributed by atoms with Crippen LogP contribution in [0.15, 0.2) is 10.6 Å². The molecule has 0 saturated carbocycles. The van der Waals surface area contributed by atoms with Crippen LogP contribution >= 0.6 is 0 Å². The Hall–Kier alpha value is -0.870. The lowest BCUT2D eigenvalue weighted by Crippen LogP contribution is -2.55. The maximum Gasteiger partial charge on any atom is 0.208 e. The fraction of sp³-hybridized carbons (Fsp3) is 0.812. The van der Waals surface area contributed by atoms with E-state index in [1.807, 2.05) is 13.1 Å². The van der Waals surface area contributed by atoms with Gasteiger partial charge in [0.2, 0.25) is 5.89 Å². The Kier molecular flexibility index (Phi) is 4.41. The second-order valence-corrected chi connectivity index (χ2v) is 6.40. The van der Waals surface area contributed by atoms with E-state index < -0.39 is 0 Å². The average molecular weight is 277 g/mol. The van der Waals surface area contributed by atoms with Crippen molar-refractivity contribution in [3.63, 3.8) is 0 Å². The van der Waals surface area contributed by atoms with Gasteiger partial charge in [-0.2, -0.15) is 0 Å². The fourth-order valence-electron chi connectivity index (χ4n) is 3.88. The summed E-state index contributed by atoms with van der Waals surface area (Å²) in [6.45, 7) is 6.26. The van der Waals surface area contributed by atoms with Gasteiger partial charge in [0.1, 0.15) is 5.76 Å². The van der Waals surface area contributed by atoms with Gasteiger partial charge in [-0.3, -0.25) is 4.90 Å². The molecular weight excluding hydrogens is 250 g/mol. The number of oxazole rings is 1. The Morgan fingerprint density at radius 2 is 2.10 bits per heavy atom. The van der Waals surface area contributed by atoms with E-state index in [1.165, 1.54) is 38.5 Å². The Morgan fingerprint density at radius 3 is 2.70 bits per heavy atom. The quantitative estimate of drug-likeness (QED) is 0.898. The minimum atomic E-state index is 0.712. The first-order valence-electron chi connectivity index (χ1n) is 8.16. The summed E-state index contributed by atoms with van der Waals surface area (Å²) in [4.78, 5) is 7.03. The van der Waals surface area contributed by atoms with Gasteiger partial charge in [-0.05, 0) is 45.6 Å². The molecule has 3 heterocycles. The largest absolute Gasteiger partial charge is 0.445 e. The summed E-state index contributed by atoms with van der Waals surface area (Å²) in [6, 6.07) is 2.14. The first-order valence-corrected chi connectivity index (χ1v) is 8.16. The molecule has 0 aliphatic carbocycles. The number of aromatic nitrogens is 1. The summed E-state index contributed by atoms with van der Waals surface area (Å²) in [7, 11) is 0. The number of hydrogen-bond acceptors (Lipinski definition) is 4. The van der Waals surface area contributed by atoms with E-state index in [0.29, 0.717) is 18.1 Å². The molecule has 0 amide bonds. The van der Waals surface area contributed by atoms with Gasteiger partial charge in [-0.25, -0.2) is 4.98 Å². The van der Waals surface area contributed by atoms with Crippen molar-refractivity contribution in [2.45, 2.75) is 77.0 Å². The molecule has 0 radical (unpaired) electrons. The van der Waals surface area contributed by atoms with Gasteiger partial charge in [-0.15, -0.1) is 0 Å². The molecule has 2 saturated heterocycles. The van der Waals surface area contributed by atoms with Gasteiger partial charge in [0, 0.05) is 18.1 Å². The number of hydrogen-bond donors (Lipinski definition) is 1. The van der Waals surface area contributed by atoms with E-state index in [9.17, 15) is 0 Å². The van der Waals surface area contributed by atoms with Crippen LogP contribution < -0.4 is 5.32 Å². The molecule has 20 heavy (non-hydrogen) atoms. The molecule has 3 rings (SSSR count). The maximum absolute atomic E-state index is 5.67. The Bertz CT molecular complexity index is 417. The Labute approximate surface area is 121 Å². The molecule has 2 atom stereocenters. The average Bonchev–Trinajstić information content (AvgIpc) is 2.82. The zero-order valence-corrected chi connectivity index (χ0v) is 12.8. The van der Waals surface area contributed by atoms with Crippen molar-refractivity contribution >= 4 is 0 Å². The molecule has 1 aromatic heterocycles. The van der Waals surface area contributed by atoms with E-state index in [2.05, 4.69) is 22.1 Å². The Morgan fingerprint density at radius 1 is 1.35 bits per heavy atom. The highest BCUT2D eigenvalue weighted by atomic mass is 16.4. The van der Waals surface area contributed by atoms with Crippen LogP contribution in [-0.4, -0.2) is 34.6 Å². The summed E-state index contributed by atoms with van der Waals surface area (Å²) >= 11 is 0. The van der Waals surface area contributed by atoms with Crippen LogP contribution in [0.25, 0.3) is 0 Å². The third kappa shape index (κ3) is 3.07. The van der Waals surface area contributed by atoms with Crippen molar-refractivity contribution in [2.24, 2.45) is 0 Å². The number of fused-ring (bicyclic) bond motifs is 2. The monoisotopic (exact) mass is 277 g/mol. The van der Waals surface area contributed by atoms with Crippen LogP contribution in [0, 0.1) is 6.92 Å². The van der Waals surface area contributed by atoms with Gasteiger partial charge in [0.15, 0.2) is 0 Å². The molecule has 0 aromatic carbocycles. The highest BCUT2D eigenvalue weighted by Gasteiger charge is 2.38. The van der Waals surface area contributed by atoms with Crippen molar-refractivity contribution < 1.29 is 4.42 Å². The van der Waals surface area contributed by atoms with Gasteiger partial charge in [0.05, 0.1) is 12.7 Å². The van der Waals surface area contributed by atoms with E-state index >= 15 is 0 Å². The van der Waals surface area contributed by atoms with E-state index in [1.54, 1.807) is 0 Å². The smallest absolute Gasteiger partial charge is 0.208 e. The van der Waals surface area contributed by atoms with Crippen LogP contribution in [-0.2, 0) is 6.54 Å². The molecule has 4 heteroatoms. The highest BCUT2D eigenvalue weighted by Crippen LogP contribution is 2.35. The molecule has 2 unspecified atom stereocenters. The third-order valence-electron chi connectivity index (χ3n) is 4.80. The van der Waals surface area contributed by atoms with Gasteiger partial charge < -0.3 is 9.73 Å². The lowest BCUT2D eigenvalue weighted by molar-refractivity contribution is 0.0114. The molecule has 0 spiro atoms. The second-order valence-electron chi connectivity index (χ2n) is 6.40. The third-order valence-corrected chi connectivity index (χ3v) is 4.80. The van der Waals surface area contributed by atoms with Crippen molar-refractivity contribution in [3.8, 4) is 0 Å². The van der Waals surface area contributed by atoms with Gasteiger partial charge in [0.25, 0.3) is 0 Å². The molecule has 2 bridgehead atoms. The standard InChI is InChI=1S/C16H27N3O/c1-3-7-17-13-8-14-5-4-6-15(9-13)19(14)11-16-18-10-12(2)20-16/h10,13-15,17H,3-9,11H2,1-2H3. The van der Waals surface area contributed by atoms with Crippen LogP contribution in [0.3, 0.4) is 0 Å². The topological polar surface area (TPSA) is 41.3 Å². The fourth-order valence-corrected chi connectivity index (χ4v) is 3.88. The van der Waals surface area contributed by atoms with Gasteiger partial charge in [-0.1, -0.05) is 13.3 Å². The van der Waals surface area contributed by atoms with Crippen LogP contribution in [0.5, 0.6) is 0 Å². The van der Waals surface area contributed by atoms with Crippen molar-refractivity contribution in [3.05, 3.63) is 17.8 Å². The number of rotatable bonds is 5. The van der Waals surface area contributed by atoms with E-state index in [0.717, 1.165) is 24.7 Å². The second kappa shape index (κ2) is 6.27. The van der Waals surface area contributed by atoms with Gasteiger partial charge >= 0.3 is 0 Å². The summed E-state index contributed by atoms with van der Waals surface area (Å²) in [6.07, 6.45) is 9.69. The van der Waals surface area contributed by atoms with Crippen LogP contribution in [0.1, 0.15) is 57.1 Å². The first-order chi connectivity index (χ1) is 9.76. The molecule has 2 fully saturated rings. The summed E-state index contributed by atoms with van der Waals surface area (Å²) < 4.78 is 5.67. The molecule has 2 aliphatic rings. The minimum absolute atomic E-state index is 0.712. The predicted octanol–water partition coefficient (Wildman–Crippen LogP) is 2.87. The summed E-state index contributed by atoms with van der Waals surface area (Å²) in [5.41, 5.74) is 0. The first kappa shape index (κ1) is 14.1. The molecule has 1 N–H and O–H groups in total. The number of aryl methyl sites for hydroxylation is 1. The summed E-state index contributed by atoms with van der Waals surface area (Å²) in [5, 5.41) is 3.72. The van der Waals surface area contributed by atoms with Crippen LogP contribution in [0.2, 0.25) is 0 Å². The zero-order chi connectivity index (χ0) is 13.9.